The van der Waals surface area contributed by atoms with E-state index >= 15 is 0 Å². The molecule has 0 aliphatic heterocycles. The number of ether oxygens (including phenoxy) is 1. The molecule has 0 saturated carbocycles. The lowest BCUT2D eigenvalue weighted by atomic mass is 10.2. The van der Waals surface area contributed by atoms with Crippen LogP contribution in [0.3, 0.4) is 0 Å². The van der Waals surface area contributed by atoms with Gasteiger partial charge in [-0.3, -0.25) is 0 Å². The van der Waals surface area contributed by atoms with Gasteiger partial charge in [-0.05, 0) is 38.5 Å². The molecule has 2 aromatic rings. The number of aryl methyl sites for hydroxylation is 1. The second kappa shape index (κ2) is 7.62. The predicted molar refractivity (Wildman–Crippen MR) is 87.0 cm³/mol. The number of hydrogen-bond donors (Lipinski definition) is 2. The standard InChI is InChI=1S/C16H23N5O2/c1-11(2)23-14-7-5-13(6-8-14)9-17-16(22)19-12(3)15-20-18-10-21(15)4/h5-8,10-12H,9H2,1-4H3,(H2,17,19,22)/t12-/m1/s1. The number of hydrogen-bond acceptors (Lipinski definition) is 4. The highest BCUT2D eigenvalue weighted by Gasteiger charge is 2.13. The molecule has 7 heteroatoms. The van der Waals surface area contributed by atoms with Gasteiger partial charge in [0.25, 0.3) is 0 Å². The van der Waals surface area contributed by atoms with E-state index < -0.39 is 0 Å². The average Bonchev–Trinajstić information content (AvgIpc) is 2.92. The quantitative estimate of drug-likeness (QED) is 0.855. The number of nitrogens with zero attached hydrogens (tertiary/aromatic N) is 3. The molecule has 7 nitrogen and oxygen atoms in total. The van der Waals surface area contributed by atoms with Crippen molar-refractivity contribution in [2.75, 3.05) is 0 Å². The molecule has 1 heterocycles. The van der Waals surface area contributed by atoms with Gasteiger partial charge in [0.1, 0.15) is 12.1 Å². The summed E-state index contributed by atoms with van der Waals surface area (Å²) in [5.41, 5.74) is 1.00. The van der Waals surface area contributed by atoms with Crippen LogP contribution in [0.25, 0.3) is 0 Å². The first-order valence-corrected chi connectivity index (χ1v) is 7.59. The second-order valence-corrected chi connectivity index (χ2v) is 5.66. The van der Waals surface area contributed by atoms with E-state index in [-0.39, 0.29) is 18.2 Å². The summed E-state index contributed by atoms with van der Waals surface area (Å²) < 4.78 is 7.36. The predicted octanol–water partition coefficient (Wildman–Crippen LogP) is 2.16. The molecule has 0 unspecified atom stereocenters. The van der Waals surface area contributed by atoms with Gasteiger partial charge in [0.15, 0.2) is 5.82 Å². The van der Waals surface area contributed by atoms with Crippen LogP contribution in [0.4, 0.5) is 4.79 Å². The number of rotatable bonds is 6. The number of urea groups is 1. The maximum absolute atomic E-state index is 11.9. The first kappa shape index (κ1) is 16.8. The molecule has 0 aliphatic rings. The number of carbonyl (C=O) groups is 1. The van der Waals surface area contributed by atoms with Crippen molar-refractivity contribution in [1.82, 2.24) is 25.4 Å². The minimum atomic E-state index is -0.247. The molecule has 0 bridgehead atoms. The van der Waals surface area contributed by atoms with Crippen LogP contribution in [0, 0.1) is 0 Å². The first-order chi connectivity index (χ1) is 11.0. The minimum Gasteiger partial charge on any atom is -0.491 e. The molecule has 0 radical (unpaired) electrons. The van der Waals surface area contributed by atoms with Gasteiger partial charge in [-0.15, -0.1) is 10.2 Å². The van der Waals surface area contributed by atoms with E-state index in [4.69, 9.17) is 4.74 Å². The van der Waals surface area contributed by atoms with Gasteiger partial charge in [-0.1, -0.05) is 12.1 Å². The van der Waals surface area contributed by atoms with Crippen LogP contribution in [0.1, 0.15) is 38.2 Å². The van der Waals surface area contributed by atoms with Crippen LogP contribution >= 0.6 is 0 Å². The molecule has 23 heavy (non-hydrogen) atoms. The third-order valence-corrected chi connectivity index (χ3v) is 3.23. The maximum atomic E-state index is 11.9. The fraction of sp³-hybridized carbons (Fsp3) is 0.438. The Hall–Kier alpha value is -2.57. The highest BCUT2D eigenvalue weighted by Crippen LogP contribution is 2.13. The molecule has 0 fully saturated rings. The van der Waals surface area contributed by atoms with Crippen LogP contribution in [-0.4, -0.2) is 26.9 Å². The number of nitrogens with one attached hydrogen (secondary N) is 2. The van der Waals surface area contributed by atoms with Crippen LogP contribution in [0.15, 0.2) is 30.6 Å². The third kappa shape index (κ3) is 4.98. The smallest absolute Gasteiger partial charge is 0.315 e. The van der Waals surface area contributed by atoms with Crippen LogP contribution in [0.2, 0.25) is 0 Å². The molecule has 1 atom stereocenters. The number of amides is 2. The molecule has 2 amide bonds. The van der Waals surface area contributed by atoms with Gasteiger partial charge in [0.05, 0.1) is 12.1 Å². The average molecular weight is 317 g/mol. The van der Waals surface area contributed by atoms with E-state index in [0.29, 0.717) is 12.4 Å². The van der Waals surface area contributed by atoms with E-state index in [2.05, 4.69) is 20.8 Å². The monoisotopic (exact) mass is 317 g/mol. The van der Waals surface area contributed by atoms with E-state index in [1.54, 1.807) is 10.9 Å². The number of carbonyl (C=O) groups excluding carboxylic acids is 1. The zero-order valence-electron chi connectivity index (χ0n) is 13.9. The van der Waals surface area contributed by atoms with Crippen LogP contribution in [-0.2, 0) is 13.6 Å². The van der Waals surface area contributed by atoms with Crippen molar-refractivity contribution in [2.45, 2.75) is 39.5 Å². The SMILES string of the molecule is CC(C)Oc1ccc(CNC(=O)N[C@H](C)c2nncn2C)cc1. The Morgan fingerprint density at radius 2 is 1.96 bits per heavy atom. The summed E-state index contributed by atoms with van der Waals surface area (Å²) in [4.78, 5) is 11.9. The van der Waals surface area contributed by atoms with Crippen molar-refractivity contribution in [3.8, 4) is 5.75 Å². The summed E-state index contributed by atoms with van der Waals surface area (Å²) in [6.45, 7) is 6.27. The van der Waals surface area contributed by atoms with Crippen LogP contribution in [0.5, 0.6) is 5.75 Å². The van der Waals surface area contributed by atoms with Gasteiger partial charge in [-0.2, -0.15) is 0 Å². The zero-order valence-corrected chi connectivity index (χ0v) is 13.9. The zero-order chi connectivity index (χ0) is 16.8. The topological polar surface area (TPSA) is 81.1 Å². The molecule has 2 rings (SSSR count). The highest BCUT2D eigenvalue weighted by atomic mass is 16.5. The van der Waals surface area contributed by atoms with Crippen molar-refractivity contribution >= 4 is 6.03 Å². The van der Waals surface area contributed by atoms with E-state index in [0.717, 1.165) is 11.3 Å². The summed E-state index contributed by atoms with van der Waals surface area (Å²) in [6.07, 6.45) is 1.75. The first-order valence-electron chi connectivity index (χ1n) is 7.59. The summed E-state index contributed by atoms with van der Waals surface area (Å²) in [6, 6.07) is 7.20. The molecular formula is C16H23N5O2. The Morgan fingerprint density at radius 3 is 2.52 bits per heavy atom. The Labute approximate surface area is 136 Å². The van der Waals surface area contributed by atoms with Crippen molar-refractivity contribution in [2.24, 2.45) is 7.05 Å². The largest absolute Gasteiger partial charge is 0.491 e. The van der Waals surface area contributed by atoms with E-state index in [1.165, 1.54) is 0 Å². The molecule has 0 saturated heterocycles. The maximum Gasteiger partial charge on any atom is 0.315 e. The molecular weight excluding hydrogens is 294 g/mol. The summed E-state index contributed by atoms with van der Waals surface area (Å²) in [5.74, 6) is 1.53. The lowest BCUT2D eigenvalue weighted by Crippen LogP contribution is -2.37. The van der Waals surface area contributed by atoms with Crippen molar-refractivity contribution in [3.63, 3.8) is 0 Å². The summed E-state index contributed by atoms with van der Waals surface area (Å²) in [5, 5.41) is 13.4. The fourth-order valence-corrected chi connectivity index (χ4v) is 2.14. The van der Waals surface area contributed by atoms with Gasteiger partial charge in [0.2, 0.25) is 0 Å². The summed E-state index contributed by atoms with van der Waals surface area (Å²) >= 11 is 0. The van der Waals surface area contributed by atoms with Gasteiger partial charge < -0.3 is 19.9 Å². The molecule has 0 aliphatic carbocycles. The highest BCUT2D eigenvalue weighted by molar-refractivity contribution is 5.74. The Morgan fingerprint density at radius 1 is 1.26 bits per heavy atom. The normalized spacial score (nSPS) is 12.0. The Balaban J connectivity index is 1.81. The lowest BCUT2D eigenvalue weighted by molar-refractivity contribution is 0.237. The molecule has 1 aromatic heterocycles. The Bertz CT molecular complexity index is 636. The van der Waals surface area contributed by atoms with Gasteiger partial charge in [-0.25, -0.2) is 4.79 Å². The minimum absolute atomic E-state index is 0.145. The van der Waals surface area contributed by atoms with E-state index in [1.807, 2.05) is 52.1 Å². The third-order valence-electron chi connectivity index (χ3n) is 3.23. The number of aromatic nitrogens is 3. The van der Waals surface area contributed by atoms with Crippen molar-refractivity contribution < 1.29 is 9.53 Å². The number of benzene rings is 1. The van der Waals surface area contributed by atoms with Gasteiger partial charge in [0, 0.05) is 13.6 Å². The molecule has 124 valence electrons. The van der Waals surface area contributed by atoms with Crippen molar-refractivity contribution in [1.29, 1.82) is 0 Å². The van der Waals surface area contributed by atoms with E-state index in [9.17, 15) is 4.79 Å². The van der Waals surface area contributed by atoms with Crippen molar-refractivity contribution in [3.05, 3.63) is 42.0 Å². The van der Waals surface area contributed by atoms with Crippen LogP contribution < -0.4 is 15.4 Å². The molecule has 2 N–H and O–H groups in total. The molecule has 0 spiro atoms. The fourth-order valence-electron chi connectivity index (χ4n) is 2.14. The lowest BCUT2D eigenvalue weighted by Gasteiger charge is -2.14. The second-order valence-electron chi connectivity index (χ2n) is 5.66. The molecule has 1 aromatic carbocycles. The van der Waals surface area contributed by atoms with Gasteiger partial charge >= 0.3 is 6.03 Å². The summed E-state index contributed by atoms with van der Waals surface area (Å²) in [7, 11) is 1.84. The Kier molecular flexibility index (Phi) is 5.56.